The Hall–Kier alpha value is -2.34. The van der Waals surface area contributed by atoms with Gasteiger partial charge in [-0.05, 0) is 72.1 Å². The van der Waals surface area contributed by atoms with E-state index in [0.717, 1.165) is 13.1 Å². The zero-order valence-corrected chi connectivity index (χ0v) is 21.7. The SMILES string of the molecule is CCCCn1c(-c2cccs2)ccc1-c1ccc(-c2ccc(-c3cccs3)n2CCCC)s1. The van der Waals surface area contributed by atoms with E-state index < -0.39 is 0 Å². The van der Waals surface area contributed by atoms with E-state index in [9.17, 15) is 0 Å². The van der Waals surface area contributed by atoms with Crippen molar-refractivity contribution in [2.45, 2.75) is 52.6 Å². The summed E-state index contributed by atoms with van der Waals surface area (Å²) in [4.78, 5) is 5.40. The van der Waals surface area contributed by atoms with Gasteiger partial charge in [0, 0.05) is 13.1 Å². The lowest BCUT2D eigenvalue weighted by Crippen LogP contribution is -2.01. The predicted molar refractivity (Wildman–Crippen MR) is 148 cm³/mol. The highest BCUT2D eigenvalue weighted by atomic mass is 32.1. The summed E-state index contributed by atoms with van der Waals surface area (Å²) in [5.74, 6) is 0. The minimum absolute atomic E-state index is 1.06. The number of nitrogens with zero attached hydrogens (tertiary/aromatic N) is 2. The Labute approximate surface area is 208 Å². The maximum Gasteiger partial charge on any atom is 0.0587 e. The highest BCUT2D eigenvalue weighted by Crippen LogP contribution is 2.40. The van der Waals surface area contributed by atoms with E-state index in [1.54, 1.807) is 0 Å². The summed E-state index contributed by atoms with van der Waals surface area (Å²) in [6, 6.07) is 22.6. The Bertz CT molecular complexity index is 1180. The fraction of sp³-hybridized carbons (Fsp3) is 0.286. The molecule has 0 aliphatic heterocycles. The van der Waals surface area contributed by atoms with Gasteiger partial charge in [0.1, 0.15) is 0 Å². The van der Waals surface area contributed by atoms with Crippen LogP contribution in [0.3, 0.4) is 0 Å². The summed E-state index contributed by atoms with van der Waals surface area (Å²) < 4.78 is 5.05. The smallest absolute Gasteiger partial charge is 0.0587 e. The van der Waals surface area contributed by atoms with Crippen molar-refractivity contribution >= 4 is 34.0 Å². The molecule has 0 bridgehead atoms. The van der Waals surface area contributed by atoms with Crippen LogP contribution in [0.1, 0.15) is 39.5 Å². The van der Waals surface area contributed by atoms with E-state index in [1.165, 1.54) is 68.0 Å². The van der Waals surface area contributed by atoms with Crippen LogP contribution in [-0.4, -0.2) is 9.13 Å². The van der Waals surface area contributed by atoms with Crippen molar-refractivity contribution in [3.63, 3.8) is 0 Å². The summed E-state index contributed by atoms with van der Waals surface area (Å²) in [6.45, 7) is 6.67. The van der Waals surface area contributed by atoms with Crippen molar-refractivity contribution in [2.24, 2.45) is 0 Å². The first-order valence-electron chi connectivity index (χ1n) is 11.9. The Morgan fingerprint density at radius 2 is 0.970 bits per heavy atom. The minimum atomic E-state index is 1.06. The molecule has 5 heterocycles. The lowest BCUT2D eigenvalue weighted by molar-refractivity contribution is 0.645. The molecule has 5 heteroatoms. The molecule has 2 nitrogen and oxygen atoms in total. The summed E-state index contributed by atoms with van der Waals surface area (Å²) in [5, 5.41) is 4.34. The first-order valence-corrected chi connectivity index (χ1v) is 14.4. The highest BCUT2D eigenvalue weighted by molar-refractivity contribution is 7.18. The second kappa shape index (κ2) is 10.3. The van der Waals surface area contributed by atoms with Gasteiger partial charge in [0.25, 0.3) is 0 Å². The number of thiophene rings is 3. The lowest BCUT2D eigenvalue weighted by atomic mass is 10.3. The van der Waals surface area contributed by atoms with Crippen LogP contribution in [0.4, 0.5) is 0 Å². The average molecular weight is 491 g/mol. The van der Waals surface area contributed by atoms with Gasteiger partial charge in [-0.1, -0.05) is 38.8 Å². The first-order chi connectivity index (χ1) is 16.3. The van der Waals surface area contributed by atoms with Gasteiger partial charge in [-0.2, -0.15) is 0 Å². The molecule has 0 fully saturated rings. The molecular formula is C28H30N2S3. The molecule has 0 saturated heterocycles. The molecule has 0 aliphatic rings. The molecule has 0 N–H and O–H groups in total. The normalized spacial score (nSPS) is 11.5. The zero-order chi connectivity index (χ0) is 22.6. The van der Waals surface area contributed by atoms with Crippen LogP contribution in [-0.2, 0) is 13.1 Å². The van der Waals surface area contributed by atoms with E-state index >= 15 is 0 Å². The summed E-state index contributed by atoms with van der Waals surface area (Å²) in [5.41, 5.74) is 5.37. The lowest BCUT2D eigenvalue weighted by Gasteiger charge is -2.12. The van der Waals surface area contributed by atoms with Crippen LogP contribution >= 0.6 is 34.0 Å². The van der Waals surface area contributed by atoms with Crippen molar-refractivity contribution in [3.05, 3.63) is 71.4 Å². The molecule has 0 spiro atoms. The van der Waals surface area contributed by atoms with Gasteiger partial charge in [0.2, 0.25) is 0 Å². The van der Waals surface area contributed by atoms with Crippen LogP contribution in [0.2, 0.25) is 0 Å². The van der Waals surface area contributed by atoms with Crippen molar-refractivity contribution in [2.75, 3.05) is 0 Å². The van der Waals surface area contributed by atoms with Crippen molar-refractivity contribution in [1.82, 2.24) is 9.13 Å². The molecule has 170 valence electrons. The van der Waals surface area contributed by atoms with Crippen LogP contribution in [0, 0.1) is 0 Å². The van der Waals surface area contributed by atoms with E-state index in [4.69, 9.17) is 0 Å². The second-order valence-electron chi connectivity index (χ2n) is 8.34. The quantitative estimate of drug-likeness (QED) is 0.184. The van der Waals surface area contributed by atoms with Crippen molar-refractivity contribution < 1.29 is 0 Å². The molecule has 0 unspecified atom stereocenters. The highest BCUT2D eigenvalue weighted by Gasteiger charge is 2.17. The van der Waals surface area contributed by atoms with E-state index in [1.807, 2.05) is 34.0 Å². The average Bonchev–Trinajstić information content (AvgIpc) is 3.65. The van der Waals surface area contributed by atoms with Crippen molar-refractivity contribution in [1.29, 1.82) is 0 Å². The monoisotopic (exact) mass is 490 g/mol. The molecule has 5 rings (SSSR count). The van der Waals surface area contributed by atoms with Gasteiger partial charge < -0.3 is 9.13 Å². The first kappa shape index (κ1) is 22.5. The maximum atomic E-state index is 2.53. The van der Waals surface area contributed by atoms with E-state index in [0.29, 0.717) is 0 Å². The van der Waals surface area contributed by atoms with Gasteiger partial charge in [-0.15, -0.1) is 34.0 Å². The summed E-state index contributed by atoms with van der Waals surface area (Å²) in [7, 11) is 0. The van der Waals surface area contributed by atoms with Crippen molar-refractivity contribution in [3.8, 4) is 42.3 Å². The Balaban J connectivity index is 1.53. The van der Waals surface area contributed by atoms with Gasteiger partial charge in [-0.3, -0.25) is 0 Å². The standard InChI is InChI=1S/C28H30N2S3/c1-3-5-17-29-21(25-9-7-19-31-25)11-13-23(29)27-15-16-28(33-27)24-14-12-22(26-10-8-20-32-26)30(24)18-6-4-2/h7-16,19-20H,3-6,17-18H2,1-2H3. The number of rotatable bonds is 10. The largest absolute Gasteiger partial charge is 0.339 e. The third kappa shape index (κ3) is 4.54. The van der Waals surface area contributed by atoms with Crippen LogP contribution in [0.25, 0.3) is 42.3 Å². The molecule has 0 radical (unpaired) electrons. The summed E-state index contributed by atoms with van der Waals surface area (Å²) in [6.07, 6.45) is 4.80. The van der Waals surface area contributed by atoms with Crippen LogP contribution in [0.5, 0.6) is 0 Å². The van der Waals surface area contributed by atoms with Crippen LogP contribution in [0.15, 0.2) is 71.4 Å². The fourth-order valence-corrected chi connectivity index (χ4v) is 6.97. The fourth-order valence-electron chi connectivity index (χ4n) is 4.37. The maximum absolute atomic E-state index is 2.53. The number of hydrogen-bond acceptors (Lipinski definition) is 3. The molecule has 0 aliphatic carbocycles. The number of unbranched alkanes of at least 4 members (excludes halogenated alkanes) is 2. The predicted octanol–water partition coefficient (Wildman–Crippen LogP) is 9.74. The molecule has 0 amide bonds. The summed E-state index contributed by atoms with van der Waals surface area (Å²) >= 11 is 5.57. The van der Waals surface area contributed by atoms with Gasteiger partial charge >= 0.3 is 0 Å². The third-order valence-corrected chi connectivity index (χ3v) is 9.01. The third-order valence-electron chi connectivity index (χ3n) is 6.09. The zero-order valence-electron chi connectivity index (χ0n) is 19.3. The van der Waals surface area contributed by atoms with Gasteiger partial charge in [0.15, 0.2) is 0 Å². The molecule has 5 aromatic heterocycles. The topological polar surface area (TPSA) is 9.86 Å². The molecule has 0 aromatic carbocycles. The molecule has 0 atom stereocenters. The van der Waals surface area contributed by atoms with Crippen LogP contribution < -0.4 is 0 Å². The van der Waals surface area contributed by atoms with E-state index in [2.05, 4.69) is 94.4 Å². The number of hydrogen-bond donors (Lipinski definition) is 0. The molecular weight excluding hydrogens is 461 g/mol. The Morgan fingerprint density at radius 3 is 1.33 bits per heavy atom. The second-order valence-corrected chi connectivity index (χ2v) is 11.3. The number of aromatic nitrogens is 2. The Kier molecular flexibility index (Phi) is 7.00. The molecule has 33 heavy (non-hydrogen) atoms. The molecule has 5 aromatic rings. The Morgan fingerprint density at radius 1 is 0.545 bits per heavy atom. The van der Waals surface area contributed by atoms with Gasteiger partial charge in [-0.25, -0.2) is 0 Å². The van der Waals surface area contributed by atoms with E-state index in [-0.39, 0.29) is 0 Å². The van der Waals surface area contributed by atoms with Gasteiger partial charge in [0.05, 0.1) is 42.3 Å². The minimum Gasteiger partial charge on any atom is -0.339 e. The molecule has 0 saturated carbocycles.